The Morgan fingerprint density at radius 1 is 1.21 bits per heavy atom. The summed E-state index contributed by atoms with van der Waals surface area (Å²) >= 11 is 15.4. The molecule has 0 spiro atoms. The Morgan fingerprint density at radius 2 is 1.95 bits per heavy atom. The van der Waals surface area contributed by atoms with E-state index in [-0.39, 0.29) is 0 Å². The average molecular weight is 357 g/mol. The first-order valence-electron chi connectivity index (χ1n) is 5.35. The third kappa shape index (κ3) is 3.03. The standard InChI is InChI=1S/C14H8BrCl2NO/c1-8-3-2-4-9(7-18)14(8)19-13-6-11(16)10(15)5-12(13)17/h2-6H,1H3. The lowest BCUT2D eigenvalue weighted by molar-refractivity contribution is 0.477. The largest absolute Gasteiger partial charge is 0.454 e. The highest BCUT2D eigenvalue weighted by molar-refractivity contribution is 9.10. The second-order valence-electron chi connectivity index (χ2n) is 3.86. The minimum Gasteiger partial charge on any atom is -0.454 e. The highest BCUT2D eigenvalue weighted by Gasteiger charge is 2.12. The van der Waals surface area contributed by atoms with Gasteiger partial charge in [0.25, 0.3) is 0 Å². The van der Waals surface area contributed by atoms with Gasteiger partial charge < -0.3 is 4.74 Å². The Hall–Kier alpha value is -1.21. The van der Waals surface area contributed by atoms with Crippen molar-refractivity contribution in [3.63, 3.8) is 0 Å². The van der Waals surface area contributed by atoms with Crippen molar-refractivity contribution in [1.29, 1.82) is 5.26 Å². The zero-order valence-electron chi connectivity index (χ0n) is 9.88. The first-order valence-corrected chi connectivity index (χ1v) is 6.90. The van der Waals surface area contributed by atoms with E-state index in [2.05, 4.69) is 22.0 Å². The molecule has 0 amide bonds. The van der Waals surface area contributed by atoms with Crippen molar-refractivity contribution in [2.45, 2.75) is 6.92 Å². The molecule has 0 fully saturated rings. The number of rotatable bonds is 2. The van der Waals surface area contributed by atoms with E-state index in [4.69, 9.17) is 33.2 Å². The molecule has 19 heavy (non-hydrogen) atoms. The van der Waals surface area contributed by atoms with Crippen LogP contribution in [0, 0.1) is 18.3 Å². The van der Waals surface area contributed by atoms with E-state index in [1.165, 1.54) is 0 Å². The van der Waals surface area contributed by atoms with Crippen LogP contribution in [0.5, 0.6) is 11.5 Å². The third-order valence-electron chi connectivity index (χ3n) is 2.52. The quantitative estimate of drug-likeness (QED) is 0.644. The van der Waals surface area contributed by atoms with Gasteiger partial charge in [-0.3, -0.25) is 0 Å². The van der Waals surface area contributed by atoms with Gasteiger partial charge in [-0.05, 0) is 40.5 Å². The number of para-hydroxylation sites is 1. The normalized spacial score (nSPS) is 10.1. The molecule has 0 bridgehead atoms. The summed E-state index contributed by atoms with van der Waals surface area (Å²) in [4.78, 5) is 0. The summed E-state index contributed by atoms with van der Waals surface area (Å²) in [6.07, 6.45) is 0. The van der Waals surface area contributed by atoms with Crippen molar-refractivity contribution in [2.24, 2.45) is 0 Å². The van der Waals surface area contributed by atoms with Crippen molar-refractivity contribution in [2.75, 3.05) is 0 Å². The summed E-state index contributed by atoms with van der Waals surface area (Å²) in [5, 5.41) is 10.0. The highest BCUT2D eigenvalue weighted by atomic mass is 79.9. The van der Waals surface area contributed by atoms with Crippen LogP contribution in [0.15, 0.2) is 34.8 Å². The zero-order chi connectivity index (χ0) is 14.0. The molecule has 0 N–H and O–H groups in total. The van der Waals surface area contributed by atoms with Crippen LogP contribution in [0.3, 0.4) is 0 Å². The van der Waals surface area contributed by atoms with Crippen molar-refractivity contribution in [3.05, 3.63) is 56.0 Å². The number of nitrogens with zero attached hydrogens (tertiary/aromatic N) is 1. The maximum atomic E-state index is 9.09. The number of aryl methyl sites for hydroxylation is 1. The van der Waals surface area contributed by atoms with Gasteiger partial charge >= 0.3 is 0 Å². The summed E-state index contributed by atoms with van der Waals surface area (Å²) in [5.74, 6) is 0.908. The molecule has 0 heterocycles. The summed E-state index contributed by atoms with van der Waals surface area (Å²) in [7, 11) is 0. The Kier molecular flexibility index (Phi) is 4.36. The van der Waals surface area contributed by atoms with Crippen LogP contribution >= 0.6 is 39.1 Å². The fourth-order valence-electron chi connectivity index (χ4n) is 1.57. The van der Waals surface area contributed by atoms with E-state index in [0.29, 0.717) is 31.6 Å². The van der Waals surface area contributed by atoms with E-state index in [9.17, 15) is 0 Å². The number of nitriles is 1. The maximum absolute atomic E-state index is 9.09. The minimum atomic E-state index is 0.417. The van der Waals surface area contributed by atoms with E-state index >= 15 is 0 Å². The Bertz CT molecular complexity index is 680. The van der Waals surface area contributed by atoms with Crippen LogP contribution in [-0.4, -0.2) is 0 Å². The van der Waals surface area contributed by atoms with E-state index < -0.39 is 0 Å². The Labute approximate surface area is 129 Å². The van der Waals surface area contributed by atoms with Gasteiger partial charge in [-0.15, -0.1) is 0 Å². The molecule has 0 radical (unpaired) electrons. The summed E-state index contributed by atoms with van der Waals surface area (Å²) in [6, 6.07) is 10.7. The second kappa shape index (κ2) is 5.83. The van der Waals surface area contributed by atoms with Crippen molar-refractivity contribution >= 4 is 39.1 Å². The van der Waals surface area contributed by atoms with Crippen LogP contribution in [0.25, 0.3) is 0 Å². The number of hydrogen-bond acceptors (Lipinski definition) is 2. The summed E-state index contributed by atoms with van der Waals surface area (Å²) in [5.41, 5.74) is 1.31. The first-order chi connectivity index (χ1) is 9.02. The molecule has 2 aromatic carbocycles. The lowest BCUT2D eigenvalue weighted by Crippen LogP contribution is -1.92. The summed E-state index contributed by atoms with van der Waals surface area (Å²) < 4.78 is 6.43. The highest BCUT2D eigenvalue weighted by Crippen LogP contribution is 2.38. The molecule has 0 aromatic heterocycles. The second-order valence-corrected chi connectivity index (χ2v) is 5.53. The van der Waals surface area contributed by atoms with Gasteiger partial charge in [0.15, 0.2) is 0 Å². The van der Waals surface area contributed by atoms with Gasteiger partial charge in [-0.25, -0.2) is 0 Å². The van der Waals surface area contributed by atoms with E-state index in [1.54, 1.807) is 24.3 Å². The molecule has 0 saturated carbocycles. The van der Waals surface area contributed by atoms with E-state index in [0.717, 1.165) is 5.56 Å². The number of benzene rings is 2. The molecule has 0 atom stereocenters. The monoisotopic (exact) mass is 355 g/mol. The summed E-state index contributed by atoms with van der Waals surface area (Å²) in [6.45, 7) is 1.87. The predicted octanol–water partition coefficient (Wildman–Crippen LogP) is 5.73. The van der Waals surface area contributed by atoms with Crippen molar-refractivity contribution in [1.82, 2.24) is 0 Å². The topological polar surface area (TPSA) is 33.0 Å². The lowest BCUT2D eigenvalue weighted by atomic mass is 10.1. The molecule has 2 nitrogen and oxygen atoms in total. The maximum Gasteiger partial charge on any atom is 0.148 e. The third-order valence-corrected chi connectivity index (χ3v) is 4.01. The molecular formula is C14H8BrCl2NO. The zero-order valence-corrected chi connectivity index (χ0v) is 13.0. The van der Waals surface area contributed by atoms with Gasteiger partial charge in [0, 0.05) is 10.5 Å². The van der Waals surface area contributed by atoms with Gasteiger partial charge in [-0.1, -0.05) is 35.3 Å². The molecule has 0 aliphatic rings. The van der Waals surface area contributed by atoms with Crippen LogP contribution in [0.4, 0.5) is 0 Å². The fraction of sp³-hybridized carbons (Fsp3) is 0.0714. The fourth-order valence-corrected chi connectivity index (χ4v) is 2.40. The SMILES string of the molecule is Cc1cccc(C#N)c1Oc1cc(Cl)c(Br)cc1Cl. The lowest BCUT2D eigenvalue weighted by Gasteiger charge is -2.12. The number of halogens is 3. The molecule has 0 saturated heterocycles. The number of ether oxygens (including phenoxy) is 1. The van der Waals surface area contributed by atoms with Crippen LogP contribution in [0.1, 0.15) is 11.1 Å². The smallest absolute Gasteiger partial charge is 0.148 e. The van der Waals surface area contributed by atoms with Gasteiger partial charge in [0.05, 0.1) is 15.6 Å². The van der Waals surface area contributed by atoms with Gasteiger partial charge in [0.2, 0.25) is 0 Å². The Morgan fingerprint density at radius 3 is 2.63 bits per heavy atom. The predicted molar refractivity (Wildman–Crippen MR) is 80.1 cm³/mol. The first kappa shape index (κ1) is 14.2. The molecule has 96 valence electrons. The van der Waals surface area contributed by atoms with Crippen LogP contribution in [-0.2, 0) is 0 Å². The average Bonchev–Trinajstić information content (AvgIpc) is 2.38. The molecule has 2 rings (SSSR count). The minimum absolute atomic E-state index is 0.417. The van der Waals surface area contributed by atoms with Gasteiger partial charge in [0.1, 0.15) is 17.6 Å². The number of hydrogen-bond donors (Lipinski definition) is 0. The van der Waals surface area contributed by atoms with E-state index in [1.807, 2.05) is 13.0 Å². The van der Waals surface area contributed by atoms with Crippen LogP contribution < -0.4 is 4.74 Å². The van der Waals surface area contributed by atoms with Crippen LogP contribution in [0.2, 0.25) is 10.0 Å². The van der Waals surface area contributed by atoms with Crippen molar-refractivity contribution < 1.29 is 4.74 Å². The van der Waals surface area contributed by atoms with Crippen molar-refractivity contribution in [3.8, 4) is 17.6 Å². The molecule has 0 aliphatic carbocycles. The van der Waals surface area contributed by atoms with Gasteiger partial charge in [-0.2, -0.15) is 5.26 Å². The molecule has 0 aliphatic heterocycles. The molecule has 5 heteroatoms. The molecule has 0 unspecified atom stereocenters. The molecule has 2 aromatic rings. The Balaban J connectivity index is 2.48. The molecular weight excluding hydrogens is 349 g/mol.